The minimum Gasteiger partial charge on any atom is -0.384 e. The zero-order chi connectivity index (χ0) is 14.1. The quantitative estimate of drug-likeness (QED) is 0.566. The van der Waals surface area contributed by atoms with E-state index in [1.165, 1.54) is 6.07 Å². The van der Waals surface area contributed by atoms with Gasteiger partial charge in [0.15, 0.2) is 0 Å². The van der Waals surface area contributed by atoms with Crippen molar-refractivity contribution in [2.45, 2.75) is 6.54 Å². The van der Waals surface area contributed by atoms with Crippen molar-refractivity contribution < 1.29 is 4.39 Å². The third-order valence-electron chi connectivity index (χ3n) is 3.23. The number of nitrogens with two attached hydrogens (primary N) is 1. The standard InChI is InChI=1S/C15H13FN4/c16-13-4-2-1-3-10(13)8-20-9-12(15(17)18)5-11-6-19-7-14(11)20/h1-7,9H,8H2,(H3,17,18). The van der Waals surface area contributed by atoms with Crippen LogP contribution in [0.4, 0.5) is 4.39 Å². The van der Waals surface area contributed by atoms with Crippen LogP contribution in [0.3, 0.4) is 0 Å². The van der Waals surface area contributed by atoms with Gasteiger partial charge in [0.05, 0.1) is 18.4 Å². The number of pyridine rings is 1. The number of fused-ring (bicyclic) bond motifs is 1. The predicted molar refractivity (Wildman–Crippen MR) is 75.4 cm³/mol. The molecule has 2 heterocycles. The van der Waals surface area contributed by atoms with Gasteiger partial charge in [-0.3, -0.25) is 10.4 Å². The molecule has 0 atom stereocenters. The van der Waals surface area contributed by atoms with E-state index in [1.807, 2.05) is 10.6 Å². The maximum atomic E-state index is 13.8. The number of hydrogen-bond donors (Lipinski definition) is 2. The summed E-state index contributed by atoms with van der Waals surface area (Å²) >= 11 is 0. The summed E-state index contributed by atoms with van der Waals surface area (Å²) in [5, 5.41) is 7.55. The smallest absolute Gasteiger partial charge is 0.128 e. The molecule has 0 saturated carbocycles. The lowest BCUT2D eigenvalue weighted by atomic mass is 10.1. The highest BCUT2D eigenvalue weighted by atomic mass is 19.1. The number of hydrogen-bond acceptors (Lipinski definition) is 2. The van der Waals surface area contributed by atoms with E-state index >= 15 is 0 Å². The summed E-state index contributed by atoms with van der Waals surface area (Å²) in [4.78, 5) is 4.10. The van der Waals surface area contributed by atoms with Crippen molar-refractivity contribution in [3.8, 4) is 11.3 Å². The molecule has 100 valence electrons. The van der Waals surface area contributed by atoms with Gasteiger partial charge in [-0.25, -0.2) is 4.39 Å². The van der Waals surface area contributed by atoms with Gasteiger partial charge >= 0.3 is 0 Å². The normalized spacial score (nSPS) is 10.8. The highest BCUT2D eigenvalue weighted by Gasteiger charge is 2.12. The van der Waals surface area contributed by atoms with Crippen LogP contribution in [0.2, 0.25) is 0 Å². The van der Waals surface area contributed by atoms with Gasteiger partial charge in [0.1, 0.15) is 11.7 Å². The summed E-state index contributed by atoms with van der Waals surface area (Å²) in [7, 11) is 0. The van der Waals surface area contributed by atoms with Crippen molar-refractivity contribution in [2.75, 3.05) is 0 Å². The Morgan fingerprint density at radius 1 is 1.30 bits per heavy atom. The fraction of sp³-hybridized carbons (Fsp3) is 0.0667. The van der Waals surface area contributed by atoms with Crippen LogP contribution in [0.15, 0.2) is 48.9 Å². The number of amidine groups is 1. The number of rotatable bonds is 3. The van der Waals surface area contributed by atoms with E-state index in [2.05, 4.69) is 4.98 Å². The Hall–Kier alpha value is -2.69. The molecule has 3 rings (SSSR count). The molecule has 2 aliphatic rings. The minimum absolute atomic E-state index is 0.0182. The number of nitrogens with one attached hydrogen (secondary N) is 1. The third kappa shape index (κ3) is 2.14. The average Bonchev–Trinajstić information content (AvgIpc) is 2.89. The van der Waals surface area contributed by atoms with Gasteiger partial charge in [-0.05, 0) is 12.1 Å². The van der Waals surface area contributed by atoms with Crippen molar-refractivity contribution in [1.29, 1.82) is 5.41 Å². The molecule has 0 saturated heterocycles. The van der Waals surface area contributed by atoms with Crippen LogP contribution >= 0.6 is 0 Å². The van der Waals surface area contributed by atoms with Crippen molar-refractivity contribution in [3.05, 3.63) is 65.9 Å². The molecule has 0 fully saturated rings. The van der Waals surface area contributed by atoms with Crippen molar-refractivity contribution in [3.63, 3.8) is 0 Å². The van der Waals surface area contributed by atoms with Crippen molar-refractivity contribution in [1.82, 2.24) is 9.55 Å². The Labute approximate surface area is 115 Å². The highest BCUT2D eigenvalue weighted by molar-refractivity contribution is 5.96. The summed E-state index contributed by atoms with van der Waals surface area (Å²) in [5.41, 5.74) is 8.49. The van der Waals surface area contributed by atoms with Crippen LogP contribution in [-0.2, 0) is 6.54 Å². The van der Waals surface area contributed by atoms with Gasteiger partial charge in [0.2, 0.25) is 0 Å². The van der Waals surface area contributed by atoms with Crippen LogP contribution in [0.25, 0.3) is 11.3 Å². The molecule has 3 N–H and O–H groups in total. The first kappa shape index (κ1) is 12.3. The van der Waals surface area contributed by atoms with Crippen LogP contribution in [0, 0.1) is 11.2 Å². The van der Waals surface area contributed by atoms with Gasteiger partial charge < -0.3 is 10.3 Å². The highest BCUT2D eigenvalue weighted by Crippen LogP contribution is 2.24. The first-order valence-electron chi connectivity index (χ1n) is 6.17. The minimum atomic E-state index is -0.249. The summed E-state index contributed by atoms with van der Waals surface area (Å²) in [5.74, 6) is -0.267. The molecular weight excluding hydrogens is 255 g/mol. The van der Waals surface area contributed by atoms with Crippen molar-refractivity contribution >= 4 is 5.84 Å². The fourth-order valence-corrected chi connectivity index (χ4v) is 2.21. The Morgan fingerprint density at radius 3 is 2.85 bits per heavy atom. The molecule has 0 unspecified atom stereocenters. The molecule has 0 aromatic heterocycles. The Balaban J connectivity index is 2.09. The third-order valence-corrected chi connectivity index (χ3v) is 3.23. The summed E-state index contributed by atoms with van der Waals surface area (Å²) in [6.07, 6.45) is 5.18. The molecular formula is C15H13FN4. The van der Waals surface area contributed by atoms with E-state index in [9.17, 15) is 4.39 Å². The van der Waals surface area contributed by atoms with Crippen molar-refractivity contribution in [2.24, 2.45) is 5.73 Å². The zero-order valence-electron chi connectivity index (χ0n) is 10.7. The molecule has 0 bridgehead atoms. The molecule has 0 aliphatic carbocycles. The molecule has 0 spiro atoms. The SMILES string of the molecule is N=C(N)c1cc2cncc-2n(Cc2ccccc2F)c1. The summed E-state index contributed by atoms with van der Waals surface area (Å²) in [6, 6.07) is 8.45. The van der Waals surface area contributed by atoms with E-state index in [1.54, 1.807) is 36.8 Å². The molecule has 1 aromatic rings. The molecule has 1 aromatic carbocycles. The van der Waals surface area contributed by atoms with Gasteiger partial charge in [0.25, 0.3) is 0 Å². The van der Waals surface area contributed by atoms with E-state index in [0.717, 1.165) is 11.3 Å². The van der Waals surface area contributed by atoms with Gasteiger partial charge in [0, 0.05) is 29.1 Å². The Bertz CT molecular complexity index is 747. The second kappa shape index (κ2) is 4.77. The van der Waals surface area contributed by atoms with Crippen LogP contribution in [0.5, 0.6) is 0 Å². The second-order valence-electron chi connectivity index (χ2n) is 4.61. The van der Waals surface area contributed by atoms with Crippen LogP contribution in [0.1, 0.15) is 11.1 Å². The lowest BCUT2D eigenvalue weighted by Crippen LogP contribution is -2.15. The van der Waals surface area contributed by atoms with Gasteiger partial charge in [-0.2, -0.15) is 0 Å². The number of nitrogens with zero attached hydrogens (tertiary/aromatic N) is 2. The molecule has 20 heavy (non-hydrogen) atoms. The molecule has 0 amide bonds. The number of aromatic nitrogens is 2. The Morgan fingerprint density at radius 2 is 2.10 bits per heavy atom. The predicted octanol–water partition coefficient (Wildman–Crippen LogP) is 2.46. The number of nitrogen functional groups attached to an aromatic ring is 1. The van der Waals surface area contributed by atoms with E-state index in [0.29, 0.717) is 17.7 Å². The lowest BCUT2D eigenvalue weighted by Gasteiger charge is -2.15. The van der Waals surface area contributed by atoms with E-state index < -0.39 is 0 Å². The first-order valence-corrected chi connectivity index (χ1v) is 6.17. The molecule has 4 nitrogen and oxygen atoms in total. The average molecular weight is 268 g/mol. The first-order chi connectivity index (χ1) is 9.65. The molecule has 0 radical (unpaired) electrons. The van der Waals surface area contributed by atoms with E-state index in [-0.39, 0.29) is 11.7 Å². The topological polar surface area (TPSA) is 67.7 Å². The van der Waals surface area contributed by atoms with Gasteiger partial charge in [-0.1, -0.05) is 18.2 Å². The maximum absolute atomic E-state index is 13.8. The monoisotopic (exact) mass is 268 g/mol. The Kier molecular flexibility index (Phi) is 2.95. The number of halogens is 1. The fourth-order valence-electron chi connectivity index (χ4n) is 2.21. The van der Waals surface area contributed by atoms with Gasteiger partial charge in [-0.15, -0.1) is 0 Å². The largest absolute Gasteiger partial charge is 0.384 e. The zero-order valence-corrected chi connectivity index (χ0v) is 10.7. The molecule has 5 heteroatoms. The van der Waals surface area contributed by atoms with Crippen LogP contribution in [-0.4, -0.2) is 15.4 Å². The summed E-state index contributed by atoms with van der Waals surface area (Å²) < 4.78 is 15.6. The van der Waals surface area contributed by atoms with Crippen LogP contribution < -0.4 is 5.73 Å². The second-order valence-corrected chi connectivity index (χ2v) is 4.61. The summed E-state index contributed by atoms with van der Waals surface area (Å²) in [6.45, 7) is 0.371. The maximum Gasteiger partial charge on any atom is 0.128 e. The van der Waals surface area contributed by atoms with E-state index in [4.69, 9.17) is 11.1 Å². The molecule has 2 aliphatic heterocycles. The number of benzene rings is 1. The lowest BCUT2D eigenvalue weighted by molar-refractivity contribution is 0.600.